The van der Waals surface area contributed by atoms with Gasteiger partial charge in [-0.2, -0.15) is 0 Å². The normalized spacial score (nSPS) is 11.2. The SMILES string of the molecule is CCCC(=O)OCCOCCOCCN(C)C(=O)OC(C)(C)C. The third-order valence-electron chi connectivity index (χ3n) is 2.59. The minimum absolute atomic E-state index is 0.197. The van der Waals surface area contributed by atoms with Gasteiger partial charge in [-0.05, 0) is 27.2 Å². The van der Waals surface area contributed by atoms with E-state index in [1.807, 2.05) is 27.7 Å². The largest absolute Gasteiger partial charge is 0.463 e. The Kier molecular flexibility index (Phi) is 11.4. The van der Waals surface area contributed by atoms with E-state index in [0.29, 0.717) is 39.4 Å². The molecular formula is C16H31NO6. The van der Waals surface area contributed by atoms with Crippen molar-refractivity contribution >= 4 is 12.1 Å². The lowest BCUT2D eigenvalue weighted by Crippen LogP contribution is -2.36. The zero-order chi connectivity index (χ0) is 17.7. The topological polar surface area (TPSA) is 74.3 Å². The molecule has 0 N–H and O–H groups in total. The molecular weight excluding hydrogens is 302 g/mol. The fourth-order valence-electron chi connectivity index (χ4n) is 1.45. The number of amides is 1. The van der Waals surface area contributed by atoms with E-state index in [9.17, 15) is 9.59 Å². The number of hydrogen-bond acceptors (Lipinski definition) is 6. The molecule has 0 fully saturated rings. The van der Waals surface area contributed by atoms with Crippen molar-refractivity contribution in [3.63, 3.8) is 0 Å². The lowest BCUT2D eigenvalue weighted by molar-refractivity contribution is -0.145. The maximum atomic E-state index is 11.7. The van der Waals surface area contributed by atoms with Crippen LogP contribution >= 0.6 is 0 Å². The van der Waals surface area contributed by atoms with Gasteiger partial charge in [-0.3, -0.25) is 4.79 Å². The number of nitrogens with zero attached hydrogens (tertiary/aromatic N) is 1. The van der Waals surface area contributed by atoms with E-state index < -0.39 is 5.60 Å². The Hall–Kier alpha value is -1.34. The van der Waals surface area contributed by atoms with Gasteiger partial charge in [0, 0.05) is 20.0 Å². The van der Waals surface area contributed by atoms with E-state index in [4.69, 9.17) is 18.9 Å². The van der Waals surface area contributed by atoms with Crippen molar-refractivity contribution < 1.29 is 28.5 Å². The number of carbonyl (C=O) groups is 2. The second kappa shape index (κ2) is 12.1. The van der Waals surface area contributed by atoms with Crippen LogP contribution in [0.5, 0.6) is 0 Å². The molecule has 0 aromatic heterocycles. The second-order valence-corrected chi connectivity index (χ2v) is 6.10. The van der Waals surface area contributed by atoms with Gasteiger partial charge in [-0.1, -0.05) is 6.92 Å². The number of likely N-dealkylation sites (N-methyl/N-ethyl adjacent to an activating group) is 1. The van der Waals surface area contributed by atoms with Crippen molar-refractivity contribution in [3.05, 3.63) is 0 Å². The van der Waals surface area contributed by atoms with Crippen LogP contribution in [0.25, 0.3) is 0 Å². The maximum Gasteiger partial charge on any atom is 0.410 e. The van der Waals surface area contributed by atoms with Crippen molar-refractivity contribution in [2.24, 2.45) is 0 Å². The highest BCUT2D eigenvalue weighted by Crippen LogP contribution is 2.08. The smallest absolute Gasteiger partial charge is 0.410 e. The molecule has 1 amide bonds. The molecule has 0 aromatic rings. The van der Waals surface area contributed by atoms with E-state index in [1.54, 1.807) is 7.05 Å². The minimum Gasteiger partial charge on any atom is -0.463 e. The fraction of sp³-hybridized carbons (Fsp3) is 0.875. The Morgan fingerprint density at radius 3 is 2.09 bits per heavy atom. The molecule has 0 rings (SSSR count). The van der Waals surface area contributed by atoms with Crippen molar-refractivity contribution in [1.82, 2.24) is 4.90 Å². The van der Waals surface area contributed by atoms with Crippen molar-refractivity contribution in [3.8, 4) is 0 Å². The Balaban J connectivity index is 3.45. The van der Waals surface area contributed by atoms with E-state index in [2.05, 4.69) is 0 Å². The molecule has 136 valence electrons. The summed E-state index contributed by atoms with van der Waals surface area (Å²) in [6, 6.07) is 0. The molecule has 0 bridgehead atoms. The summed E-state index contributed by atoms with van der Waals surface area (Å²) in [5.41, 5.74) is -0.499. The quantitative estimate of drug-likeness (QED) is 0.426. The average Bonchev–Trinajstić information content (AvgIpc) is 2.43. The van der Waals surface area contributed by atoms with Gasteiger partial charge in [0.15, 0.2) is 0 Å². The van der Waals surface area contributed by atoms with E-state index >= 15 is 0 Å². The van der Waals surface area contributed by atoms with Crippen LogP contribution < -0.4 is 0 Å². The third-order valence-corrected chi connectivity index (χ3v) is 2.59. The van der Waals surface area contributed by atoms with Crippen LogP contribution in [0, 0.1) is 0 Å². The minimum atomic E-state index is -0.499. The van der Waals surface area contributed by atoms with E-state index in [1.165, 1.54) is 4.90 Å². The molecule has 7 heteroatoms. The summed E-state index contributed by atoms with van der Waals surface area (Å²) in [5.74, 6) is -0.197. The van der Waals surface area contributed by atoms with Crippen molar-refractivity contribution in [1.29, 1.82) is 0 Å². The zero-order valence-electron chi connectivity index (χ0n) is 15.1. The molecule has 23 heavy (non-hydrogen) atoms. The molecule has 0 radical (unpaired) electrons. The molecule has 0 heterocycles. The van der Waals surface area contributed by atoms with Gasteiger partial charge in [0.1, 0.15) is 12.2 Å². The van der Waals surface area contributed by atoms with Gasteiger partial charge in [-0.25, -0.2) is 4.79 Å². The number of rotatable bonds is 11. The predicted molar refractivity (Wildman–Crippen MR) is 86.4 cm³/mol. The van der Waals surface area contributed by atoms with E-state index in [-0.39, 0.29) is 18.7 Å². The highest BCUT2D eigenvalue weighted by Gasteiger charge is 2.19. The lowest BCUT2D eigenvalue weighted by atomic mass is 10.2. The summed E-state index contributed by atoms with van der Waals surface area (Å²) in [6.07, 6.45) is 0.853. The number of ether oxygens (including phenoxy) is 4. The Labute approximate surface area is 139 Å². The van der Waals surface area contributed by atoms with Gasteiger partial charge in [0.2, 0.25) is 0 Å². The summed E-state index contributed by atoms with van der Waals surface area (Å²) in [6.45, 7) is 9.72. The van der Waals surface area contributed by atoms with Crippen LogP contribution in [-0.4, -0.2) is 69.2 Å². The first-order valence-electron chi connectivity index (χ1n) is 8.01. The lowest BCUT2D eigenvalue weighted by Gasteiger charge is -2.24. The van der Waals surface area contributed by atoms with Crippen LogP contribution in [0.3, 0.4) is 0 Å². The van der Waals surface area contributed by atoms with Crippen LogP contribution in [0.2, 0.25) is 0 Å². The average molecular weight is 333 g/mol. The fourth-order valence-corrected chi connectivity index (χ4v) is 1.45. The van der Waals surface area contributed by atoms with Gasteiger partial charge in [0.05, 0.1) is 26.4 Å². The zero-order valence-corrected chi connectivity index (χ0v) is 15.1. The number of carbonyl (C=O) groups excluding carboxylic acids is 2. The maximum absolute atomic E-state index is 11.7. The Morgan fingerprint density at radius 2 is 1.52 bits per heavy atom. The van der Waals surface area contributed by atoms with Gasteiger partial charge in [0.25, 0.3) is 0 Å². The van der Waals surface area contributed by atoms with Crippen LogP contribution in [0.15, 0.2) is 0 Å². The first kappa shape index (κ1) is 21.7. The van der Waals surface area contributed by atoms with Crippen molar-refractivity contribution in [2.75, 3.05) is 46.6 Å². The molecule has 0 aliphatic rings. The Morgan fingerprint density at radius 1 is 0.957 bits per heavy atom. The molecule has 7 nitrogen and oxygen atoms in total. The first-order chi connectivity index (χ1) is 10.8. The summed E-state index contributed by atoms with van der Waals surface area (Å²) >= 11 is 0. The number of esters is 1. The molecule has 0 aliphatic heterocycles. The monoisotopic (exact) mass is 333 g/mol. The van der Waals surface area contributed by atoms with Gasteiger partial charge >= 0.3 is 12.1 Å². The summed E-state index contributed by atoms with van der Waals surface area (Å²) in [7, 11) is 1.67. The number of hydrogen-bond donors (Lipinski definition) is 0. The Bertz CT molecular complexity index is 340. The predicted octanol–water partition coefficient (Wildman–Crippen LogP) is 2.23. The molecule has 0 unspecified atom stereocenters. The molecule has 0 aromatic carbocycles. The highest BCUT2D eigenvalue weighted by molar-refractivity contribution is 5.69. The highest BCUT2D eigenvalue weighted by atomic mass is 16.6. The summed E-state index contributed by atoms with van der Waals surface area (Å²) in [4.78, 5) is 24.2. The second-order valence-electron chi connectivity index (χ2n) is 6.10. The van der Waals surface area contributed by atoms with Crippen molar-refractivity contribution in [2.45, 2.75) is 46.1 Å². The molecule has 0 saturated carbocycles. The van der Waals surface area contributed by atoms with E-state index in [0.717, 1.165) is 6.42 Å². The first-order valence-corrected chi connectivity index (χ1v) is 8.01. The molecule has 0 saturated heterocycles. The molecule has 0 spiro atoms. The molecule has 0 aliphatic carbocycles. The summed E-state index contributed by atoms with van der Waals surface area (Å²) in [5, 5.41) is 0. The third kappa shape index (κ3) is 14.0. The van der Waals surface area contributed by atoms with Crippen LogP contribution in [0.4, 0.5) is 4.79 Å². The summed E-state index contributed by atoms with van der Waals surface area (Å²) < 4.78 is 20.8. The van der Waals surface area contributed by atoms with Gasteiger partial charge < -0.3 is 23.8 Å². The van der Waals surface area contributed by atoms with Crippen LogP contribution in [0.1, 0.15) is 40.5 Å². The molecule has 0 atom stereocenters. The van der Waals surface area contributed by atoms with Crippen LogP contribution in [-0.2, 0) is 23.7 Å². The van der Waals surface area contributed by atoms with Gasteiger partial charge in [-0.15, -0.1) is 0 Å². The standard InChI is InChI=1S/C16H31NO6/c1-6-7-14(18)22-13-12-21-11-10-20-9-8-17(5)15(19)23-16(2,3)4/h6-13H2,1-5H3.